The fourth-order valence-electron chi connectivity index (χ4n) is 4.21. The number of benzene rings is 1. The van der Waals surface area contributed by atoms with Crippen molar-refractivity contribution in [1.82, 2.24) is 10.3 Å². The van der Waals surface area contributed by atoms with Crippen LogP contribution in [0.4, 0.5) is 5.82 Å². The van der Waals surface area contributed by atoms with Crippen LogP contribution in [0.1, 0.15) is 48.9 Å². The molecule has 2 aromatic rings. The van der Waals surface area contributed by atoms with Crippen molar-refractivity contribution in [2.75, 3.05) is 18.0 Å². The number of hydrogen-bond acceptors (Lipinski definition) is 6. The first-order valence-electron chi connectivity index (χ1n) is 10.8. The van der Waals surface area contributed by atoms with Crippen LogP contribution in [0.25, 0.3) is 5.70 Å². The van der Waals surface area contributed by atoms with Gasteiger partial charge in [-0.1, -0.05) is 42.1 Å². The summed E-state index contributed by atoms with van der Waals surface area (Å²) in [4.78, 5) is 24.8. The first-order chi connectivity index (χ1) is 14.8. The molecule has 2 aliphatic heterocycles. The van der Waals surface area contributed by atoms with Crippen LogP contribution in [0.3, 0.4) is 0 Å². The van der Waals surface area contributed by atoms with Gasteiger partial charge in [0.25, 0.3) is 0 Å². The molecule has 1 fully saturated rings. The molecule has 1 unspecified atom stereocenters. The lowest BCUT2D eigenvalue weighted by atomic mass is 9.95. The van der Waals surface area contributed by atoms with E-state index in [4.69, 9.17) is 9.82 Å². The molecule has 0 aliphatic carbocycles. The molecular formula is C25H30N4O2. The summed E-state index contributed by atoms with van der Waals surface area (Å²) in [5.74, 6) is 0.840. The van der Waals surface area contributed by atoms with Crippen molar-refractivity contribution in [2.24, 2.45) is 5.16 Å². The smallest absolute Gasteiger partial charge is 0.230 e. The van der Waals surface area contributed by atoms with Crippen LogP contribution in [0, 0.1) is 13.8 Å². The first kappa shape index (κ1) is 21.2. The zero-order valence-electron chi connectivity index (χ0n) is 18.7. The highest BCUT2D eigenvalue weighted by atomic mass is 16.7. The van der Waals surface area contributed by atoms with Gasteiger partial charge in [0.1, 0.15) is 5.82 Å². The molecule has 2 aliphatic rings. The van der Waals surface area contributed by atoms with E-state index in [2.05, 4.69) is 41.9 Å². The Kier molecular flexibility index (Phi) is 5.67. The molecule has 0 saturated carbocycles. The van der Waals surface area contributed by atoms with Crippen LogP contribution in [0.2, 0.25) is 0 Å². The summed E-state index contributed by atoms with van der Waals surface area (Å²) >= 11 is 0. The Morgan fingerprint density at radius 2 is 2.00 bits per heavy atom. The van der Waals surface area contributed by atoms with E-state index in [1.165, 1.54) is 0 Å². The molecule has 0 bridgehead atoms. The number of Topliss-reactive ketones (excluding diaryl/α,β-unsaturated/α-hetero) is 1. The summed E-state index contributed by atoms with van der Waals surface area (Å²) in [5.41, 5.74) is 4.38. The lowest BCUT2D eigenvalue weighted by Crippen LogP contribution is -2.45. The quantitative estimate of drug-likeness (QED) is 0.795. The molecule has 6 heteroatoms. The second-order valence-electron chi connectivity index (χ2n) is 8.92. The largest absolute Gasteiger partial charge is 0.381 e. The lowest BCUT2D eigenvalue weighted by molar-refractivity contribution is -0.128. The normalized spacial score (nSPS) is 20.2. The van der Waals surface area contributed by atoms with Crippen molar-refractivity contribution < 1.29 is 9.63 Å². The minimum absolute atomic E-state index is 0.103. The zero-order chi connectivity index (χ0) is 22.2. The minimum atomic E-state index is -0.906. The van der Waals surface area contributed by atoms with E-state index in [0.29, 0.717) is 5.71 Å². The van der Waals surface area contributed by atoms with E-state index in [1.54, 1.807) is 13.8 Å². The molecule has 6 nitrogen and oxygen atoms in total. The number of aromatic nitrogens is 1. The highest BCUT2D eigenvalue weighted by Gasteiger charge is 2.40. The molecule has 0 radical (unpaired) electrons. The molecule has 31 heavy (non-hydrogen) atoms. The van der Waals surface area contributed by atoms with Crippen LogP contribution >= 0.6 is 0 Å². The zero-order valence-corrected chi connectivity index (χ0v) is 18.7. The number of ketones is 1. The Hall–Kier alpha value is -2.99. The second-order valence-corrected chi connectivity index (χ2v) is 8.92. The molecule has 0 spiro atoms. The van der Waals surface area contributed by atoms with Crippen molar-refractivity contribution in [2.45, 2.75) is 52.2 Å². The molecule has 1 N–H and O–H groups in total. The Labute approximate surface area is 184 Å². The van der Waals surface area contributed by atoms with Crippen molar-refractivity contribution in [3.05, 3.63) is 65.4 Å². The first-order valence-corrected chi connectivity index (χ1v) is 10.8. The van der Waals surface area contributed by atoms with E-state index in [9.17, 15) is 4.79 Å². The maximum absolute atomic E-state index is 12.5. The summed E-state index contributed by atoms with van der Waals surface area (Å²) < 4.78 is 0. The van der Waals surface area contributed by atoms with Crippen molar-refractivity contribution in [1.29, 1.82) is 0 Å². The number of carbonyl (C=O) groups excluding carboxylic acids is 1. The molecule has 1 aromatic carbocycles. The van der Waals surface area contributed by atoms with E-state index >= 15 is 0 Å². The van der Waals surface area contributed by atoms with Gasteiger partial charge in [-0.05, 0) is 63.8 Å². The van der Waals surface area contributed by atoms with Crippen LogP contribution in [0.5, 0.6) is 0 Å². The van der Waals surface area contributed by atoms with Crippen LogP contribution < -0.4 is 10.2 Å². The Bertz CT molecular complexity index is 1030. The predicted molar refractivity (Wildman–Crippen MR) is 124 cm³/mol. The topological polar surface area (TPSA) is 66.8 Å². The average molecular weight is 419 g/mol. The van der Waals surface area contributed by atoms with Crippen molar-refractivity contribution in [3.63, 3.8) is 0 Å². The van der Waals surface area contributed by atoms with Crippen LogP contribution in [-0.4, -0.2) is 41.2 Å². The number of piperidine rings is 1. The average Bonchev–Trinajstić information content (AvgIpc) is 3.03. The third kappa shape index (κ3) is 4.12. The number of aryl methyl sites for hydroxylation is 2. The van der Waals surface area contributed by atoms with Gasteiger partial charge in [0, 0.05) is 30.0 Å². The van der Waals surface area contributed by atoms with Crippen LogP contribution in [-0.2, 0) is 9.63 Å². The van der Waals surface area contributed by atoms with E-state index in [1.807, 2.05) is 30.5 Å². The van der Waals surface area contributed by atoms with E-state index in [0.717, 1.165) is 59.7 Å². The van der Waals surface area contributed by atoms with Gasteiger partial charge in [0.2, 0.25) is 5.78 Å². The fourth-order valence-corrected chi connectivity index (χ4v) is 4.21. The van der Waals surface area contributed by atoms with Crippen LogP contribution in [0.15, 0.2) is 48.3 Å². The minimum Gasteiger partial charge on any atom is -0.381 e. The van der Waals surface area contributed by atoms with Crippen molar-refractivity contribution in [3.8, 4) is 0 Å². The Morgan fingerprint density at radius 3 is 2.58 bits per heavy atom. The number of nitrogens with one attached hydrogen (secondary N) is 1. The molecule has 1 atom stereocenters. The highest BCUT2D eigenvalue weighted by molar-refractivity contribution is 6.49. The van der Waals surface area contributed by atoms with Gasteiger partial charge < -0.3 is 15.1 Å². The molecule has 4 rings (SSSR count). The Balaban J connectivity index is 1.65. The van der Waals surface area contributed by atoms with E-state index in [-0.39, 0.29) is 11.8 Å². The number of pyridine rings is 1. The number of anilines is 1. The maximum atomic E-state index is 12.5. The van der Waals surface area contributed by atoms with Gasteiger partial charge in [0.05, 0.1) is 0 Å². The molecule has 1 saturated heterocycles. The summed E-state index contributed by atoms with van der Waals surface area (Å²) in [6.45, 7) is 14.0. The number of carbonyl (C=O) groups is 1. The fraction of sp³-hybridized carbons (Fsp3) is 0.400. The summed E-state index contributed by atoms with van der Waals surface area (Å²) in [6, 6.07) is 10.2. The van der Waals surface area contributed by atoms with Gasteiger partial charge >= 0.3 is 0 Å². The maximum Gasteiger partial charge on any atom is 0.230 e. The lowest BCUT2D eigenvalue weighted by Gasteiger charge is -2.37. The molecule has 162 valence electrons. The monoisotopic (exact) mass is 418 g/mol. The van der Waals surface area contributed by atoms with Gasteiger partial charge in [-0.2, -0.15) is 0 Å². The molecular weight excluding hydrogens is 388 g/mol. The summed E-state index contributed by atoms with van der Waals surface area (Å²) in [6.07, 6.45) is 4.11. The number of nitrogens with zero attached hydrogens (tertiary/aromatic N) is 3. The number of hydrogen-bond donors (Lipinski definition) is 1. The molecule has 1 aromatic heterocycles. The molecule has 3 heterocycles. The van der Waals surface area contributed by atoms with Gasteiger partial charge in [-0.25, -0.2) is 4.98 Å². The third-order valence-corrected chi connectivity index (χ3v) is 5.96. The highest BCUT2D eigenvalue weighted by Crippen LogP contribution is 2.31. The van der Waals surface area contributed by atoms with Gasteiger partial charge in [0.15, 0.2) is 11.3 Å². The second kappa shape index (κ2) is 8.27. The molecule has 0 amide bonds. The standard InChI is InChI=1S/C25H30N4O2/c1-16-13-17(2)24(27-14-16)29(21-7-6-12-26-15-21)18(3)19-8-10-20(11-9-19)22-23(30)25(4,5)31-28-22/h8-11,13-14,21,26H,3,6-7,12,15H2,1-2,4-5H3. The van der Waals surface area contributed by atoms with Gasteiger partial charge in [-0.15, -0.1) is 0 Å². The van der Waals surface area contributed by atoms with Gasteiger partial charge in [-0.3, -0.25) is 4.79 Å². The SMILES string of the molecule is C=C(c1ccc(C2=NOC(C)(C)C2=O)cc1)N(c1ncc(C)cc1C)C1CCCNC1. The van der Waals surface area contributed by atoms with Crippen molar-refractivity contribution >= 4 is 23.0 Å². The predicted octanol–water partition coefficient (Wildman–Crippen LogP) is 4.01. The summed E-state index contributed by atoms with van der Waals surface area (Å²) in [7, 11) is 0. The third-order valence-electron chi connectivity index (χ3n) is 5.96. The number of oxime groups is 1. The Morgan fingerprint density at radius 1 is 1.26 bits per heavy atom. The van der Waals surface area contributed by atoms with E-state index < -0.39 is 5.60 Å². The summed E-state index contributed by atoms with van der Waals surface area (Å²) in [5, 5.41) is 7.51. The number of rotatable bonds is 5.